The monoisotopic (exact) mass is 697 g/mol. The Hall–Kier alpha value is -4.10. The molecule has 6 nitrogen and oxygen atoms in total. The summed E-state index contributed by atoms with van der Waals surface area (Å²) < 4.78 is 13.9. The molecule has 1 spiro atoms. The van der Waals surface area contributed by atoms with E-state index in [4.69, 9.17) is 0 Å². The predicted octanol–water partition coefficient (Wildman–Crippen LogP) is 10.2. The largest absolute Gasteiger partial charge is 0.303 e. The molecule has 2 saturated heterocycles. The van der Waals surface area contributed by atoms with Gasteiger partial charge in [-0.2, -0.15) is 0 Å². The van der Waals surface area contributed by atoms with Crippen LogP contribution in [0.1, 0.15) is 120 Å². The Bertz CT molecular complexity index is 1610. The molecular formula is C44H60FN3O3. The molecule has 0 atom stereocenters. The summed E-state index contributed by atoms with van der Waals surface area (Å²) in [7, 11) is 0. The first-order valence-electron chi connectivity index (χ1n) is 18.3. The van der Waals surface area contributed by atoms with Crippen LogP contribution in [-0.2, 0) is 16.1 Å². The van der Waals surface area contributed by atoms with Crippen molar-refractivity contribution in [2.24, 2.45) is 5.41 Å². The molecule has 0 aliphatic carbocycles. The zero-order chi connectivity index (χ0) is 36.3. The van der Waals surface area contributed by atoms with Crippen molar-refractivity contribution in [3.05, 3.63) is 107 Å². The number of ketones is 2. The lowest BCUT2D eigenvalue weighted by Gasteiger charge is -2.61. The van der Waals surface area contributed by atoms with Crippen LogP contribution in [0.25, 0.3) is 6.08 Å². The highest BCUT2D eigenvalue weighted by atomic mass is 19.1. The van der Waals surface area contributed by atoms with Crippen LogP contribution in [0.5, 0.6) is 0 Å². The van der Waals surface area contributed by atoms with Gasteiger partial charge in [0, 0.05) is 31.5 Å². The van der Waals surface area contributed by atoms with E-state index in [1.54, 1.807) is 23.2 Å². The summed E-state index contributed by atoms with van der Waals surface area (Å²) in [4.78, 5) is 41.5. The highest BCUT2D eigenvalue weighted by Gasteiger charge is 2.60. The molecule has 3 aromatic carbocycles. The van der Waals surface area contributed by atoms with Crippen molar-refractivity contribution < 1.29 is 18.8 Å². The van der Waals surface area contributed by atoms with Gasteiger partial charge in [0.25, 0.3) is 5.91 Å². The molecule has 5 rings (SSSR count). The number of piperidine rings is 1. The Morgan fingerprint density at radius 2 is 1.49 bits per heavy atom. The van der Waals surface area contributed by atoms with Crippen LogP contribution in [0.3, 0.4) is 0 Å². The van der Waals surface area contributed by atoms with Crippen molar-refractivity contribution in [3.8, 4) is 0 Å². The quantitative estimate of drug-likeness (QED) is 0.0953. The van der Waals surface area contributed by atoms with Gasteiger partial charge in [-0.15, -0.1) is 0 Å². The molecule has 2 heterocycles. The minimum absolute atomic E-state index is 0. The Kier molecular flexibility index (Phi) is 15.3. The smallest absolute Gasteiger partial charge is 0.269 e. The minimum Gasteiger partial charge on any atom is -0.303 e. The fourth-order valence-corrected chi connectivity index (χ4v) is 6.60. The van der Waals surface area contributed by atoms with Gasteiger partial charge in [0.1, 0.15) is 11.4 Å². The number of carbonyl (C=O) groups is 3. The lowest BCUT2D eigenvalue weighted by molar-refractivity contribution is -0.158. The highest BCUT2D eigenvalue weighted by Crippen LogP contribution is 2.45. The predicted molar refractivity (Wildman–Crippen MR) is 209 cm³/mol. The van der Waals surface area contributed by atoms with Crippen LogP contribution >= 0.6 is 0 Å². The molecular weight excluding hydrogens is 638 g/mol. The number of allylic oxidation sites excluding steroid dienone is 1. The summed E-state index contributed by atoms with van der Waals surface area (Å²) in [6, 6.07) is 21.9. The average Bonchev–Trinajstić information content (AvgIpc) is 3.08. The number of likely N-dealkylation sites (tertiary alicyclic amines) is 1. The van der Waals surface area contributed by atoms with Crippen LogP contribution < -0.4 is 5.01 Å². The lowest BCUT2D eigenvalue weighted by atomic mass is 9.80. The van der Waals surface area contributed by atoms with Crippen LogP contribution in [0.4, 0.5) is 10.1 Å². The van der Waals surface area contributed by atoms with E-state index in [1.165, 1.54) is 12.1 Å². The van der Waals surface area contributed by atoms with Crippen molar-refractivity contribution in [1.29, 1.82) is 0 Å². The van der Waals surface area contributed by atoms with Gasteiger partial charge < -0.3 is 4.90 Å². The highest BCUT2D eigenvalue weighted by molar-refractivity contribution is 6.00. The molecule has 0 N–H and O–H groups in total. The molecule has 1 amide bonds. The number of anilines is 1. The van der Waals surface area contributed by atoms with Crippen LogP contribution in [0.2, 0.25) is 0 Å². The van der Waals surface area contributed by atoms with E-state index < -0.39 is 5.54 Å². The molecule has 0 aromatic heterocycles. The Balaban J connectivity index is 0.00000109. The van der Waals surface area contributed by atoms with Gasteiger partial charge in [-0.3, -0.25) is 19.4 Å². The molecule has 2 fully saturated rings. The van der Waals surface area contributed by atoms with Crippen molar-refractivity contribution in [1.82, 2.24) is 9.91 Å². The fourth-order valence-electron chi connectivity index (χ4n) is 6.60. The standard InChI is InChI=1S/C38H44FN3O3.C5H12.CH4/c1-3-11-36(44)35-16-9-8-14-31(35)28-41-37(45)38(42(41)33-20-18-32(39)19-21-33)23-26-40(27-24-38)25-10-4-5-15-34(43)22-17-30-13-7-6-12-29(30)2;1-5(2,3)4;/h6-9,12-14,16-22H,3-5,10-11,15,23-28H2,1-2H3;1-4H3;1H4/b22-17-;;. The van der Waals surface area contributed by atoms with E-state index >= 15 is 0 Å². The summed E-state index contributed by atoms with van der Waals surface area (Å²) in [5, 5.41) is 3.77. The summed E-state index contributed by atoms with van der Waals surface area (Å²) in [5.41, 5.74) is 4.33. The summed E-state index contributed by atoms with van der Waals surface area (Å²) in [6.45, 7) is 15.6. The number of hydrazine groups is 1. The zero-order valence-electron chi connectivity index (χ0n) is 31.0. The molecule has 2 aliphatic rings. The number of aryl methyl sites for hydroxylation is 1. The maximum atomic E-state index is 13.9. The van der Waals surface area contributed by atoms with Crippen LogP contribution in [0, 0.1) is 18.2 Å². The molecule has 3 aromatic rings. The van der Waals surface area contributed by atoms with Gasteiger partial charge >= 0.3 is 0 Å². The molecule has 7 heteroatoms. The SMILES string of the molecule is C.CC(C)(C)C.CCCC(=O)c1ccccc1CN1C(=O)C2(CCN(CCCCCC(=O)/C=C\c3ccccc3C)CC2)N1c1ccc(F)cc1. The number of nitrogens with zero attached hydrogens (tertiary/aromatic N) is 3. The Morgan fingerprint density at radius 1 is 0.863 bits per heavy atom. The molecule has 0 bridgehead atoms. The van der Waals surface area contributed by atoms with Gasteiger partial charge in [-0.1, -0.05) is 103 Å². The first-order chi connectivity index (χ1) is 23.8. The maximum Gasteiger partial charge on any atom is 0.269 e. The first kappa shape index (κ1) is 41.3. The molecule has 2 aliphatic heterocycles. The second-order valence-electron chi connectivity index (χ2n) is 15.3. The number of hydrogen-bond donors (Lipinski definition) is 0. The molecule has 0 unspecified atom stereocenters. The lowest BCUT2D eigenvalue weighted by Crippen LogP contribution is -2.79. The van der Waals surface area contributed by atoms with E-state index in [0.29, 0.717) is 43.2 Å². The maximum absolute atomic E-state index is 13.9. The summed E-state index contributed by atoms with van der Waals surface area (Å²) in [5.74, 6) is -0.0213. The number of unbranched alkanes of at least 4 members (excludes halogenated alkanes) is 2. The summed E-state index contributed by atoms with van der Waals surface area (Å²) >= 11 is 0. The van der Waals surface area contributed by atoms with Crippen LogP contribution in [0.15, 0.2) is 78.9 Å². The molecule has 0 radical (unpaired) electrons. The minimum atomic E-state index is -0.674. The number of rotatable bonds is 14. The molecule has 276 valence electrons. The third-order valence-electron chi connectivity index (χ3n) is 9.18. The van der Waals surface area contributed by atoms with Gasteiger partial charge in [-0.25, -0.2) is 9.40 Å². The first-order valence-corrected chi connectivity index (χ1v) is 18.3. The van der Waals surface area contributed by atoms with Crippen molar-refractivity contribution in [2.75, 3.05) is 24.6 Å². The third-order valence-corrected chi connectivity index (χ3v) is 9.18. The van der Waals surface area contributed by atoms with Crippen molar-refractivity contribution in [3.63, 3.8) is 0 Å². The van der Waals surface area contributed by atoms with Gasteiger partial charge in [-0.05, 0) is 98.0 Å². The van der Waals surface area contributed by atoms with Gasteiger partial charge in [0.05, 0.1) is 12.2 Å². The van der Waals surface area contributed by atoms with Crippen molar-refractivity contribution >= 4 is 29.2 Å². The zero-order valence-corrected chi connectivity index (χ0v) is 31.0. The van der Waals surface area contributed by atoms with E-state index in [-0.39, 0.29) is 30.7 Å². The average molecular weight is 698 g/mol. The third kappa shape index (κ3) is 11.4. The normalized spacial score (nSPS) is 15.6. The number of amides is 1. The fraction of sp³-hybridized carbons (Fsp3) is 0.477. The van der Waals surface area contributed by atoms with Gasteiger partial charge in [0.15, 0.2) is 11.6 Å². The second-order valence-corrected chi connectivity index (χ2v) is 15.3. The van der Waals surface area contributed by atoms with E-state index in [0.717, 1.165) is 67.7 Å². The number of benzene rings is 3. The van der Waals surface area contributed by atoms with Crippen LogP contribution in [-0.4, -0.2) is 52.6 Å². The van der Waals surface area contributed by atoms with E-state index in [1.807, 2.05) is 73.5 Å². The van der Waals surface area contributed by atoms with E-state index in [9.17, 15) is 18.8 Å². The number of halogens is 1. The Morgan fingerprint density at radius 3 is 2.14 bits per heavy atom. The molecule has 0 saturated carbocycles. The Labute approximate surface area is 306 Å². The number of carbonyl (C=O) groups excluding carboxylic acids is 3. The summed E-state index contributed by atoms with van der Waals surface area (Å²) in [6.07, 6.45) is 9.59. The number of Topliss-reactive ketones (excluding diaryl/α,β-unsaturated/α-hetero) is 1. The number of hydrogen-bond acceptors (Lipinski definition) is 5. The molecule has 51 heavy (non-hydrogen) atoms. The second kappa shape index (κ2) is 18.9. The van der Waals surface area contributed by atoms with Gasteiger partial charge in [0.2, 0.25) is 0 Å². The van der Waals surface area contributed by atoms with Crippen molar-refractivity contribution in [2.45, 2.75) is 112 Å². The topological polar surface area (TPSA) is 60.9 Å². The van der Waals surface area contributed by atoms with E-state index in [2.05, 4.69) is 32.6 Å².